The Morgan fingerprint density at radius 2 is 2.12 bits per heavy atom. The average Bonchev–Trinajstić information content (AvgIpc) is 2.80. The second-order valence-corrected chi connectivity index (χ2v) is 4.62. The van der Waals surface area contributed by atoms with Gasteiger partial charge in [-0.1, -0.05) is 25.7 Å². The molecule has 0 spiro atoms. The summed E-state index contributed by atoms with van der Waals surface area (Å²) in [6.45, 7) is 1.88. The third-order valence-electron chi connectivity index (χ3n) is 3.32. The van der Waals surface area contributed by atoms with Gasteiger partial charge in [-0.2, -0.15) is 0 Å². The van der Waals surface area contributed by atoms with Crippen molar-refractivity contribution in [2.75, 3.05) is 6.54 Å². The lowest BCUT2D eigenvalue weighted by atomic mass is 10.0. The summed E-state index contributed by atoms with van der Waals surface area (Å²) in [6, 6.07) is 3.54. The summed E-state index contributed by atoms with van der Waals surface area (Å²) in [7, 11) is 0. The molecule has 1 heterocycles. The van der Waals surface area contributed by atoms with Crippen molar-refractivity contribution in [1.82, 2.24) is 10.3 Å². The van der Waals surface area contributed by atoms with E-state index in [1.807, 2.05) is 6.07 Å². The highest BCUT2D eigenvalue weighted by atomic mass is 16.3. The lowest BCUT2D eigenvalue weighted by molar-refractivity contribution is 0.468. The third kappa shape index (κ3) is 3.49. The van der Waals surface area contributed by atoms with Crippen molar-refractivity contribution >= 4 is 0 Å². The smallest absolute Gasteiger partial charge is 0.133 e. The fraction of sp³-hybridized carbons (Fsp3) is 0.615. The molecule has 2 rings (SSSR count). The van der Waals surface area contributed by atoms with E-state index in [0.717, 1.165) is 24.7 Å². The molecule has 1 aliphatic rings. The van der Waals surface area contributed by atoms with Gasteiger partial charge in [-0.25, -0.2) is 0 Å². The van der Waals surface area contributed by atoms with E-state index in [-0.39, 0.29) is 5.75 Å². The molecule has 0 radical (unpaired) electrons. The zero-order valence-electron chi connectivity index (χ0n) is 9.65. The lowest BCUT2D eigenvalue weighted by Crippen LogP contribution is -2.17. The number of aromatic nitrogens is 1. The Hall–Kier alpha value is -1.09. The quantitative estimate of drug-likeness (QED) is 0.749. The Morgan fingerprint density at radius 1 is 1.31 bits per heavy atom. The molecule has 88 valence electrons. The van der Waals surface area contributed by atoms with Gasteiger partial charge in [0, 0.05) is 6.54 Å². The van der Waals surface area contributed by atoms with E-state index in [2.05, 4.69) is 10.3 Å². The SMILES string of the molecule is Oc1ccc(CNCCC2CCCC2)nc1. The molecule has 1 fully saturated rings. The number of aromatic hydroxyl groups is 1. The first-order valence-corrected chi connectivity index (χ1v) is 6.19. The molecule has 2 N–H and O–H groups in total. The van der Waals surface area contributed by atoms with Crippen LogP contribution in [0.1, 0.15) is 37.8 Å². The summed E-state index contributed by atoms with van der Waals surface area (Å²) >= 11 is 0. The summed E-state index contributed by atoms with van der Waals surface area (Å²) < 4.78 is 0. The fourth-order valence-electron chi connectivity index (χ4n) is 2.34. The molecule has 1 aromatic heterocycles. The van der Waals surface area contributed by atoms with Gasteiger partial charge in [-0.05, 0) is 31.0 Å². The molecular formula is C13H20N2O. The summed E-state index contributed by atoms with van der Waals surface area (Å²) in [5, 5.41) is 12.5. The molecule has 3 nitrogen and oxygen atoms in total. The second-order valence-electron chi connectivity index (χ2n) is 4.62. The topological polar surface area (TPSA) is 45.1 Å². The second kappa shape index (κ2) is 5.85. The van der Waals surface area contributed by atoms with E-state index in [4.69, 9.17) is 5.11 Å². The number of rotatable bonds is 5. The molecule has 0 saturated heterocycles. The van der Waals surface area contributed by atoms with Gasteiger partial charge in [-0.3, -0.25) is 4.98 Å². The van der Waals surface area contributed by atoms with Gasteiger partial charge in [0.2, 0.25) is 0 Å². The number of hydrogen-bond donors (Lipinski definition) is 2. The first-order valence-electron chi connectivity index (χ1n) is 6.19. The fourth-order valence-corrected chi connectivity index (χ4v) is 2.34. The number of pyridine rings is 1. The maximum Gasteiger partial charge on any atom is 0.133 e. The van der Waals surface area contributed by atoms with Crippen LogP contribution in [0.2, 0.25) is 0 Å². The van der Waals surface area contributed by atoms with Gasteiger partial charge in [0.25, 0.3) is 0 Å². The molecule has 0 bridgehead atoms. The Labute approximate surface area is 96.9 Å². The van der Waals surface area contributed by atoms with Gasteiger partial charge in [0.15, 0.2) is 0 Å². The van der Waals surface area contributed by atoms with E-state index >= 15 is 0 Å². The van der Waals surface area contributed by atoms with Crippen molar-refractivity contribution in [2.45, 2.75) is 38.6 Å². The van der Waals surface area contributed by atoms with Crippen LogP contribution in [0.3, 0.4) is 0 Å². The minimum Gasteiger partial charge on any atom is -0.506 e. The van der Waals surface area contributed by atoms with Crippen molar-refractivity contribution in [2.24, 2.45) is 5.92 Å². The Balaban J connectivity index is 1.62. The Morgan fingerprint density at radius 3 is 2.81 bits per heavy atom. The summed E-state index contributed by atoms with van der Waals surface area (Å²) in [5.74, 6) is 1.18. The van der Waals surface area contributed by atoms with Gasteiger partial charge in [-0.15, -0.1) is 0 Å². The van der Waals surface area contributed by atoms with Crippen molar-refractivity contribution in [3.05, 3.63) is 24.0 Å². The number of hydrogen-bond acceptors (Lipinski definition) is 3. The van der Waals surface area contributed by atoms with E-state index in [1.165, 1.54) is 38.3 Å². The molecule has 0 aromatic carbocycles. The van der Waals surface area contributed by atoms with Crippen LogP contribution >= 0.6 is 0 Å². The van der Waals surface area contributed by atoms with Crippen LogP contribution in [-0.2, 0) is 6.54 Å². The van der Waals surface area contributed by atoms with Gasteiger partial charge in [0.1, 0.15) is 5.75 Å². The van der Waals surface area contributed by atoms with Crippen molar-refractivity contribution in [3.8, 4) is 5.75 Å². The highest BCUT2D eigenvalue weighted by molar-refractivity contribution is 5.17. The Kier molecular flexibility index (Phi) is 4.17. The molecule has 1 aromatic rings. The standard InChI is InChI=1S/C13H20N2O/c16-13-6-5-12(15-10-13)9-14-8-7-11-3-1-2-4-11/h5-6,10-11,14,16H,1-4,7-9H2. The molecule has 1 saturated carbocycles. The van der Waals surface area contributed by atoms with Crippen LogP contribution in [0.25, 0.3) is 0 Å². The van der Waals surface area contributed by atoms with Crippen LogP contribution < -0.4 is 5.32 Å². The van der Waals surface area contributed by atoms with E-state index < -0.39 is 0 Å². The maximum absolute atomic E-state index is 9.09. The van der Waals surface area contributed by atoms with Gasteiger partial charge in [0.05, 0.1) is 11.9 Å². The predicted octanol–water partition coefficient (Wildman–Crippen LogP) is 2.46. The Bertz CT molecular complexity index is 304. The van der Waals surface area contributed by atoms with Crippen LogP contribution in [0.5, 0.6) is 5.75 Å². The number of nitrogens with zero attached hydrogens (tertiary/aromatic N) is 1. The highest BCUT2D eigenvalue weighted by Crippen LogP contribution is 2.26. The zero-order chi connectivity index (χ0) is 11.2. The van der Waals surface area contributed by atoms with Gasteiger partial charge < -0.3 is 10.4 Å². The molecule has 0 unspecified atom stereocenters. The van der Waals surface area contributed by atoms with Crippen molar-refractivity contribution < 1.29 is 5.11 Å². The summed E-state index contributed by atoms with van der Waals surface area (Å²) in [5.41, 5.74) is 0.990. The maximum atomic E-state index is 9.09. The average molecular weight is 220 g/mol. The molecule has 0 atom stereocenters. The van der Waals surface area contributed by atoms with Gasteiger partial charge >= 0.3 is 0 Å². The lowest BCUT2D eigenvalue weighted by Gasteiger charge is -2.09. The monoisotopic (exact) mass is 220 g/mol. The minimum atomic E-state index is 0.231. The minimum absolute atomic E-state index is 0.231. The van der Waals surface area contributed by atoms with Crippen LogP contribution in [0.15, 0.2) is 18.3 Å². The third-order valence-corrected chi connectivity index (χ3v) is 3.32. The summed E-state index contributed by atoms with van der Waals surface area (Å²) in [6.07, 6.45) is 8.46. The van der Waals surface area contributed by atoms with E-state index in [9.17, 15) is 0 Å². The van der Waals surface area contributed by atoms with E-state index in [0.29, 0.717) is 0 Å². The van der Waals surface area contributed by atoms with Crippen molar-refractivity contribution in [3.63, 3.8) is 0 Å². The van der Waals surface area contributed by atoms with Crippen LogP contribution in [-0.4, -0.2) is 16.6 Å². The molecule has 1 aliphatic carbocycles. The number of nitrogens with one attached hydrogen (secondary N) is 1. The first-order chi connectivity index (χ1) is 7.84. The zero-order valence-corrected chi connectivity index (χ0v) is 9.65. The largest absolute Gasteiger partial charge is 0.506 e. The predicted molar refractivity (Wildman–Crippen MR) is 64.2 cm³/mol. The normalized spacial score (nSPS) is 16.8. The van der Waals surface area contributed by atoms with Crippen LogP contribution in [0.4, 0.5) is 0 Å². The highest BCUT2D eigenvalue weighted by Gasteiger charge is 2.13. The molecule has 0 amide bonds. The molecule has 3 heteroatoms. The van der Waals surface area contributed by atoms with Crippen LogP contribution in [0, 0.1) is 5.92 Å². The molecule has 16 heavy (non-hydrogen) atoms. The van der Waals surface area contributed by atoms with Crippen molar-refractivity contribution in [1.29, 1.82) is 0 Å². The molecular weight excluding hydrogens is 200 g/mol. The molecule has 0 aliphatic heterocycles. The summed E-state index contributed by atoms with van der Waals surface area (Å²) in [4.78, 5) is 4.14. The first kappa shape index (κ1) is 11.4. The van der Waals surface area contributed by atoms with E-state index in [1.54, 1.807) is 6.07 Å².